The van der Waals surface area contributed by atoms with Crippen molar-refractivity contribution in [1.82, 2.24) is 10.3 Å². The van der Waals surface area contributed by atoms with Crippen LogP contribution < -0.4 is 5.32 Å². The van der Waals surface area contributed by atoms with Gasteiger partial charge in [-0.25, -0.2) is 0 Å². The quantitative estimate of drug-likeness (QED) is 0.901. The van der Waals surface area contributed by atoms with Gasteiger partial charge in [0.25, 0.3) is 0 Å². The van der Waals surface area contributed by atoms with Crippen LogP contribution in [0.15, 0.2) is 22.9 Å². The zero-order valence-electron chi connectivity index (χ0n) is 10.6. The molecule has 2 atom stereocenters. The lowest BCUT2D eigenvalue weighted by molar-refractivity contribution is 0.167. The van der Waals surface area contributed by atoms with Crippen molar-refractivity contribution in [3.05, 3.63) is 28.5 Å². The van der Waals surface area contributed by atoms with Crippen molar-refractivity contribution >= 4 is 15.9 Å². The number of halogens is 1. The normalized spacial score (nSPS) is 23.8. The van der Waals surface area contributed by atoms with Crippen LogP contribution in [0.4, 0.5) is 0 Å². The Morgan fingerprint density at radius 1 is 1.35 bits per heavy atom. The van der Waals surface area contributed by atoms with E-state index in [1.54, 1.807) is 0 Å². The first-order chi connectivity index (χ1) is 8.15. The van der Waals surface area contributed by atoms with Crippen molar-refractivity contribution in [2.75, 3.05) is 6.54 Å². The molecule has 1 N–H and O–H groups in total. The Morgan fingerprint density at radius 2 is 2.12 bits per heavy atom. The van der Waals surface area contributed by atoms with E-state index in [0.29, 0.717) is 6.04 Å². The van der Waals surface area contributed by atoms with Gasteiger partial charge in [-0.2, -0.15) is 0 Å². The molecule has 3 heteroatoms. The molecule has 1 heterocycles. The third kappa shape index (κ3) is 3.78. The van der Waals surface area contributed by atoms with Crippen molar-refractivity contribution in [2.24, 2.45) is 11.8 Å². The van der Waals surface area contributed by atoms with Gasteiger partial charge in [0.2, 0.25) is 0 Å². The minimum atomic E-state index is 0.601. The van der Waals surface area contributed by atoms with Gasteiger partial charge in [-0.15, -0.1) is 0 Å². The highest BCUT2D eigenvalue weighted by atomic mass is 79.9. The van der Waals surface area contributed by atoms with Gasteiger partial charge in [0, 0.05) is 22.9 Å². The number of pyridine rings is 1. The summed E-state index contributed by atoms with van der Waals surface area (Å²) >= 11 is 3.48. The fourth-order valence-corrected chi connectivity index (χ4v) is 2.85. The summed E-state index contributed by atoms with van der Waals surface area (Å²) in [5.74, 6) is 1.70. The van der Waals surface area contributed by atoms with Gasteiger partial charge in [0.1, 0.15) is 0 Å². The topological polar surface area (TPSA) is 24.9 Å². The molecule has 0 aliphatic heterocycles. The standard InChI is InChI=1S/C14H21BrN2/c1-10(2)17-8-13-4-3-12(13)5-11-6-14(15)9-16-7-11/h6-7,9-10,12-13,17H,3-5,8H2,1-2H3. The van der Waals surface area contributed by atoms with Crippen LogP contribution in [0.25, 0.3) is 0 Å². The molecule has 1 aromatic heterocycles. The van der Waals surface area contributed by atoms with E-state index in [1.165, 1.54) is 31.4 Å². The van der Waals surface area contributed by atoms with Crippen LogP contribution in [0.5, 0.6) is 0 Å². The molecule has 1 saturated carbocycles. The molecule has 17 heavy (non-hydrogen) atoms. The third-order valence-corrected chi connectivity index (χ3v) is 4.06. The van der Waals surface area contributed by atoms with Crippen LogP contribution in [-0.2, 0) is 6.42 Å². The monoisotopic (exact) mass is 296 g/mol. The van der Waals surface area contributed by atoms with E-state index < -0.39 is 0 Å². The van der Waals surface area contributed by atoms with E-state index in [-0.39, 0.29) is 0 Å². The van der Waals surface area contributed by atoms with Crippen molar-refractivity contribution in [3.63, 3.8) is 0 Å². The molecule has 1 aliphatic carbocycles. The van der Waals surface area contributed by atoms with E-state index >= 15 is 0 Å². The summed E-state index contributed by atoms with van der Waals surface area (Å²) in [6, 6.07) is 2.79. The highest BCUT2D eigenvalue weighted by Crippen LogP contribution is 2.36. The molecule has 94 valence electrons. The maximum atomic E-state index is 4.23. The molecule has 1 fully saturated rings. The van der Waals surface area contributed by atoms with Gasteiger partial charge >= 0.3 is 0 Å². The molecule has 1 aromatic rings. The lowest BCUT2D eigenvalue weighted by atomic mass is 9.71. The number of nitrogens with zero attached hydrogens (tertiary/aromatic N) is 1. The van der Waals surface area contributed by atoms with E-state index in [0.717, 1.165) is 16.3 Å². The fourth-order valence-electron chi connectivity index (χ4n) is 2.43. The van der Waals surface area contributed by atoms with Crippen LogP contribution >= 0.6 is 15.9 Å². The summed E-state index contributed by atoms with van der Waals surface area (Å²) in [4.78, 5) is 4.23. The third-order valence-electron chi connectivity index (χ3n) is 3.62. The predicted octanol–water partition coefficient (Wildman–Crippen LogP) is 3.41. The van der Waals surface area contributed by atoms with Crippen LogP contribution in [0.2, 0.25) is 0 Å². The number of nitrogens with one attached hydrogen (secondary N) is 1. The summed E-state index contributed by atoms with van der Waals surface area (Å²) in [6.45, 7) is 5.60. The first kappa shape index (κ1) is 13.0. The molecule has 2 nitrogen and oxygen atoms in total. The average Bonchev–Trinajstić information content (AvgIpc) is 2.24. The smallest absolute Gasteiger partial charge is 0.0410 e. The summed E-state index contributed by atoms with van der Waals surface area (Å²) < 4.78 is 1.09. The van der Waals surface area contributed by atoms with Gasteiger partial charge < -0.3 is 5.32 Å². The number of hydrogen-bond acceptors (Lipinski definition) is 2. The summed E-state index contributed by atoms with van der Waals surface area (Å²) in [5, 5.41) is 3.55. The molecule has 0 amide bonds. The Balaban J connectivity index is 1.83. The zero-order chi connectivity index (χ0) is 12.3. The second-order valence-corrected chi connectivity index (χ2v) is 6.29. The Bertz CT molecular complexity index is 365. The van der Waals surface area contributed by atoms with E-state index in [4.69, 9.17) is 0 Å². The van der Waals surface area contributed by atoms with Crippen LogP contribution in [-0.4, -0.2) is 17.6 Å². The van der Waals surface area contributed by atoms with Gasteiger partial charge in [-0.05, 0) is 65.2 Å². The molecule has 1 aliphatic rings. The molecule has 0 saturated heterocycles. The lowest BCUT2D eigenvalue weighted by Gasteiger charge is -2.37. The van der Waals surface area contributed by atoms with E-state index in [2.05, 4.69) is 46.1 Å². The SMILES string of the molecule is CC(C)NCC1CCC1Cc1cncc(Br)c1. The number of aromatic nitrogens is 1. The van der Waals surface area contributed by atoms with E-state index in [9.17, 15) is 0 Å². The Morgan fingerprint density at radius 3 is 2.71 bits per heavy atom. The van der Waals surface area contributed by atoms with Gasteiger partial charge in [-0.1, -0.05) is 13.8 Å². The Kier molecular flexibility index (Phi) is 4.57. The summed E-state index contributed by atoms with van der Waals surface area (Å²) in [7, 11) is 0. The second-order valence-electron chi connectivity index (χ2n) is 5.38. The molecular formula is C14H21BrN2. The van der Waals surface area contributed by atoms with Crippen molar-refractivity contribution in [3.8, 4) is 0 Å². The second kappa shape index (κ2) is 5.96. The minimum absolute atomic E-state index is 0.601. The van der Waals surface area contributed by atoms with Crippen molar-refractivity contribution in [1.29, 1.82) is 0 Å². The molecule has 2 unspecified atom stereocenters. The van der Waals surface area contributed by atoms with Gasteiger partial charge in [0.05, 0.1) is 0 Å². The zero-order valence-corrected chi connectivity index (χ0v) is 12.2. The summed E-state index contributed by atoms with van der Waals surface area (Å²) in [5.41, 5.74) is 1.36. The minimum Gasteiger partial charge on any atom is -0.314 e. The molecule has 0 bridgehead atoms. The van der Waals surface area contributed by atoms with Crippen molar-refractivity contribution in [2.45, 2.75) is 39.2 Å². The Hall–Kier alpha value is -0.410. The molecular weight excluding hydrogens is 276 g/mol. The highest BCUT2D eigenvalue weighted by molar-refractivity contribution is 9.10. The number of hydrogen-bond donors (Lipinski definition) is 1. The largest absolute Gasteiger partial charge is 0.314 e. The van der Waals surface area contributed by atoms with Gasteiger partial charge in [-0.3, -0.25) is 4.98 Å². The highest BCUT2D eigenvalue weighted by Gasteiger charge is 2.30. The first-order valence-electron chi connectivity index (χ1n) is 6.48. The molecule has 2 rings (SSSR count). The number of rotatable bonds is 5. The van der Waals surface area contributed by atoms with Crippen LogP contribution in [0.3, 0.4) is 0 Å². The van der Waals surface area contributed by atoms with Crippen molar-refractivity contribution < 1.29 is 0 Å². The van der Waals surface area contributed by atoms with Crippen LogP contribution in [0.1, 0.15) is 32.3 Å². The first-order valence-corrected chi connectivity index (χ1v) is 7.27. The van der Waals surface area contributed by atoms with Gasteiger partial charge in [0.15, 0.2) is 0 Å². The maximum Gasteiger partial charge on any atom is 0.0410 e. The molecule has 0 spiro atoms. The fraction of sp³-hybridized carbons (Fsp3) is 0.643. The lowest BCUT2D eigenvalue weighted by Crippen LogP contribution is -2.38. The Labute approximate surface area is 112 Å². The van der Waals surface area contributed by atoms with E-state index in [1.807, 2.05) is 12.4 Å². The van der Waals surface area contributed by atoms with Crippen LogP contribution in [0, 0.1) is 11.8 Å². The predicted molar refractivity (Wildman–Crippen MR) is 75.0 cm³/mol. The average molecular weight is 297 g/mol. The molecule has 0 aromatic carbocycles. The molecule has 0 radical (unpaired) electrons. The maximum absolute atomic E-state index is 4.23. The summed E-state index contributed by atoms with van der Waals surface area (Å²) in [6.07, 6.45) is 7.78.